The van der Waals surface area contributed by atoms with Crippen molar-refractivity contribution >= 4 is 28.2 Å². The zero-order chi connectivity index (χ0) is 12.6. The Bertz CT molecular complexity index is 613. The topological polar surface area (TPSA) is 68.9 Å². The van der Waals surface area contributed by atoms with Crippen LogP contribution in [0.4, 0.5) is 5.69 Å². The second-order valence-corrected chi connectivity index (χ2v) is 4.08. The number of nitro groups is 1. The van der Waals surface area contributed by atoms with E-state index in [4.69, 9.17) is 11.6 Å². The van der Waals surface area contributed by atoms with E-state index in [0.29, 0.717) is 23.1 Å². The van der Waals surface area contributed by atoms with E-state index in [2.05, 4.69) is 9.97 Å². The van der Waals surface area contributed by atoms with Crippen molar-refractivity contribution in [2.75, 3.05) is 0 Å². The van der Waals surface area contributed by atoms with Crippen molar-refractivity contribution in [1.82, 2.24) is 9.97 Å². The van der Waals surface area contributed by atoms with E-state index in [9.17, 15) is 10.1 Å². The lowest BCUT2D eigenvalue weighted by atomic mass is 10.1. The zero-order valence-electron chi connectivity index (χ0n) is 9.40. The van der Waals surface area contributed by atoms with E-state index in [-0.39, 0.29) is 10.8 Å². The fraction of sp³-hybridized carbons (Fsp3) is 0.273. The maximum Gasteiger partial charge on any atom is 0.295 e. The SMILES string of the molecule is CCc1nc(Cl)c2cc(C)cc([N+](=O)[O-])c2n1. The molecule has 0 radical (unpaired) electrons. The van der Waals surface area contributed by atoms with Gasteiger partial charge >= 0.3 is 0 Å². The van der Waals surface area contributed by atoms with Gasteiger partial charge in [0.05, 0.1) is 4.92 Å². The van der Waals surface area contributed by atoms with E-state index in [1.807, 2.05) is 6.92 Å². The predicted molar refractivity (Wildman–Crippen MR) is 65.3 cm³/mol. The molecule has 2 rings (SSSR count). The van der Waals surface area contributed by atoms with Crippen LogP contribution < -0.4 is 0 Å². The van der Waals surface area contributed by atoms with Crippen molar-refractivity contribution in [3.05, 3.63) is 38.8 Å². The fourth-order valence-corrected chi connectivity index (χ4v) is 1.90. The number of aromatic nitrogens is 2. The van der Waals surface area contributed by atoms with Crippen molar-refractivity contribution in [1.29, 1.82) is 0 Å². The molecule has 2 aromatic rings. The van der Waals surface area contributed by atoms with Gasteiger partial charge in [0.15, 0.2) is 5.52 Å². The van der Waals surface area contributed by atoms with Crippen LogP contribution in [0.2, 0.25) is 5.15 Å². The van der Waals surface area contributed by atoms with Crippen LogP contribution in [0, 0.1) is 17.0 Å². The van der Waals surface area contributed by atoms with Gasteiger partial charge in [-0.3, -0.25) is 10.1 Å². The lowest BCUT2D eigenvalue weighted by molar-refractivity contribution is -0.383. The standard InChI is InChI=1S/C11H10ClN3O2/c1-3-9-13-10-7(11(12)14-9)4-6(2)5-8(10)15(16)17/h4-5H,3H2,1-2H3. The van der Waals surface area contributed by atoms with Crippen LogP contribution in [0.25, 0.3) is 10.9 Å². The Labute approximate surface area is 103 Å². The number of nitro benzene ring substituents is 1. The lowest BCUT2D eigenvalue weighted by Gasteiger charge is -2.04. The van der Waals surface area contributed by atoms with E-state index in [1.54, 1.807) is 13.0 Å². The molecule has 6 heteroatoms. The monoisotopic (exact) mass is 251 g/mol. The average molecular weight is 252 g/mol. The molecule has 0 N–H and O–H groups in total. The molecule has 88 valence electrons. The van der Waals surface area contributed by atoms with Crippen molar-refractivity contribution in [3.8, 4) is 0 Å². The molecule has 1 aromatic heterocycles. The van der Waals surface area contributed by atoms with Gasteiger partial charge in [0.25, 0.3) is 5.69 Å². The maximum atomic E-state index is 11.0. The summed E-state index contributed by atoms with van der Waals surface area (Å²) in [6.07, 6.45) is 0.584. The third-order valence-corrected chi connectivity index (χ3v) is 2.73. The molecule has 1 heterocycles. The summed E-state index contributed by atoms with van der Waals surface area (Å²) < 4.78 is 0. The van der Waals surface area contributed by atoms with Crippen molar-refractivity contribution < 1.29 is 4.92 Å². The molecule has 1 aromatic carbocycles. The highest BCUT2D eigenvalue weighted by atomic mass is 35.5. The third-order valence-electron chi connectivity index (χ3n) is 2.44. The molecule has 0 atom stereocenters. The summed E-state index contributed by atoms with van der Waals surface area (Å²) in [5.74, 6) is 0.509. The number of nitrogens with zero attached hydrogens (tertiary/aromatic N) is 3. The van der Waals surface area contributed by atoms with Gasteiger partial charge in [-0.25, -0.2) is 9.97 Å². The Morgan fingerprint density at radius 1 is 1.41 bits per heavy atom. The summed E-state index contributed by atoms with van der Waals surface area (Å²) in [4.78, 5) is 18.8. The van der Waals surface area contributed by atoms with Crippen LogP contribution in [-0.4, -0.2) is 14.9 Å². The van der Waals surface area contributed by atoms with Crippen molar-refractivity contribution in [2.45, 2.75) is 20.3 Å². The molecule has 0 spiro atoms. The van der Waals surface area contributed by atoms with Crippen LogP contribution in [0.15, 0.2) is 12.1 Å². The Hall–Kier alpha value is -1.75. The van der Waals surface area contributed by atoms with Gasteiger partial charge in [-0.1, -0.05) is 18.5 Å². The van der Waals surface area contributed by atoms with Gasteiger partial charge in [-0.05, 0) is 18.6 Å². The minimum absolute atomic E-state index is 0.0287. The quantitative estimate of drug-likeness (QED) is 0.467. The smallest absolute Gasteiger partial charge is 0.258 e. The summed E-state index contributed by atoms with van der Waals surface area (Å²) in [5, 5.41) is 11.8. The highest BCUT2D eigenvalue weighted by Crippen LogP contribution is 2.29. The molecule has 0 bridgehead atoms. The molecule has 5 nitrogen and oxygen atoms in total. The first-order chi connectivity index (χ1) is 8.02. The first kappa shape index (κ1) is 11.7. The molecule has 0 aliphatic carbocycles. The number of benzene rings is 1. The molecule has 17 heavy (non-hydrogen) atoms. The summed E-state index contributed by atoms with van der Waals surface area (Å²) in [6, 6.07) is 3.25. The average Bonchev–Trinajstić information content (AvgIpc) is 2.28. The molecule has 0 aliphatic heterocycles. The third kappa shape index (κ3) is 2.06. The second kappa shape index (κ2) is 4.25. The highest BCUT2D eigenvalue weighted by molar-refractivity contribution is 6.34. The molecule has 0 saturated carbocycles. The summed E-state index contributed by atoms with van der Waals surface area (Å²) in [6.45, 7) is 3.65. The molecule has 0 aliphatic rings. The second-order valence-electron chi connectivity index (χ2n) is 3.72. The highest BCUT2D eigenvalue weighted by Gasteiger charge is 2.17. The minimum atomic E-state index is -0.446. The van der Waals surface area contributed by atoms with Crippen LogP contribution in [-0.2, 0) is 6.42 Å². The lowest BCUT2D eigenvalue weighted by Crippen LogP contribution is -1.99. The van der Waals surface area contributed by atoms with Gasteiger partial charge in [0.1, 0.15) is 11.0 Å². The first-order valence-electron chi connectivity index (χ1n) is 5.14. The van der Waals surface area contributed by atoms with Crippen LogP contribution >= 0.6 is 11.6 Å². The Morgan fingerprint density at radius 3 is 2.71 bits per heavy atom. The maximum absolute atomic E-state index is 11.0. The van der Waals surface area contributed by atoms with E-state index in [0.717, 1.165) is 5.56 Å². The van der Waals surface area contributed by atoms with Crippen LogP contribution in [0.1, 0.15) is 18.3 Å². The Morgan fingerprint density at radius 2 is 2.12 bits per heavy atom. The van der Waals surface area contributed by atoms with Gasteiger partial charge in [0.2, 0.25) is 0 Å². The van der Waals surface area contributed by atoms with Crippen molar-refractivity contribution in [2.24, 2.45) is 0 Å². The molecular weight excluding hydrogens is 242 g/mol. The Balaban J connectivity index is 2.89. The van der Waals surface area contributed by atoms with Gasteiger partial charge in [-0.15, -0.1) is 0 Å². The van der Waals surface area contributed by atoms with Gasteiger partial charge in [-0.2, -0.15) is 0 Å². The number of halogens is 1. The first-order valence-corrected chi connectivity index (χ1v) is 5.52. The molecule has 0 saturated heterocycles. The summed E-state index contributed by atoms with van der Waals surface area (Å²) in [7, 11) is 0. The number of fused-ring (bicyclic) bond motifs is 1. The number of hydrogen-bond donors (Lipinski definition) is 0. The summed E-state index contributed by atoms with van der Waals surface area (Å²) >= 11 is 6.02. The number of rotatable bonds is 2. The molecule has 0 amide bonds. The number of hydrogen-bond acceptors (Lipinski definition) is 4. The van der Waals surface area contributed by atoms with Crippen molar-refractivity contribution in [3.63, 3.8) is 0 Å². The van der Waals surface area contributed by atoms with E-state index >= 15 is 0 Å². The predicted octanol–water partition coefficient (Wildman–Crippen LogP) is 3.06. The Kier molecular flexibility index (Phi) is 2.93. The van der Waals surface area contributed by atoms with E-state index in [1.165, 1.54) is 6.07 Å². The zero-order valence-corrected chi connectivity index (χ0v) is 10.2. The van der Waals surface area contributed by atoms with Crippen LogP contribution in [0.5, 0.6) is 0 Å². The minimum Gasteiger partial charge on any atom is -0.258 e. The number of aryl methyl sites for hydroxylation is 2. The normalized spacial score (nSPS) is 10.8. The van der Waals surface area contributed by atoms with Gasteiger partial charge in [0, 0.05) is 17.9 Å². The molecule has 0 fully saturated rings. The largest absolute Gasteiger partial charge is 0.295 e. The fourth-order valence-electron chi connectivity index (χ4n) is 1.66. The van der Waals surface area contributed by atoms with E-state index < -0.39 is 4.92 Å². The van der Waals surface area contributed by atoms with Crippen LogP contribution in [0.3, 0.4) is 0 Å². The summed E-state index contributed by atoms with van der Waals surface area (Å²) in [5.41, 5.74) is 1.04. The van der Waals surface area contributed by atoms with Gasteiger partial charge < -0.3 is 0 Å². The molecular formula is C11H10ClN3O2. The molecule has 0 unspecified atom stereocenters. The number of non-ortho nitro benzene ring substituents is 1.